The molecule has 1 saturated heterocycles. The van der Waals surface area contributed by atoms with Crippen molar-refractivity contribution in [3.05, 3.63) is 29.8 Å². The van der Waals surface area contributed by atoms with Gasteiger partial charge in [0.1, 0.15) is 12.1 Å². The molecule has 2 aromatic heterocycles. The van der Waals surface area contributed by atoms with Crippen LogP contribution in [0.1, 0.15) is 5.56 Å². The van der Waals surface area contributed by atoms with E-state index in [4.69, 9.17) is 0 Å². The molecule has 6 nitrogen and oxygen atoms in total. The van der Waals surface area contributed by atoms with Gasteiger partial charge in [-0.15, -0.1) is 10.2 Å². The Hall–Kier alpha value is -2.63. The van der Waals surface area contributed by atoms with Crippen LogP contribution in [0.3, 0.4) is 0 Å². The lowest BCUT2D eigenvalue weighted by atomic mass is 10.1. The average molecular weight is 390 g/mol. The highest BCUT2D eigenvalue weighted by Crippen LogP contribution is 2.45. The van der Waals surface area contributed by atoms with E-state index in [2.05, 4.69) is 20.5 Å². The van der Waals surface area contributed by atoms with Gasteiger partial charge in [0.05, 0.1) is 16.6 Å². The van der Waals surface area contributed by atoms with Crippen LogP contribution in [0.25, 0.3) is 16.7 Å². The van der Waals surface area contributed by atoms with Gasteiger partial charge < -0.3 is 10.2 Å². The molecule has 1 aliphatic heterocycles. The summed E-state index contributed by atoms with van der Waals surface area (Å²) in [6, 6.07) is 1.03. The van der Waals surface area contributed by atoms with Crippen LogP contribution in [0.15, 0.2) is 18.5 Å². The Morgan fingerprint density at radius 2 is 1.74 bits per heavy atom. The Morgan fingerprint density at radius 3 is 2.41 bits per heavy atom. The third-order valence-corrected chi connectivity index (χ3v) is 4.41. The lowest BCUT2D eigenvalue weighted by Gasteiger charge is -2.28. The van der Waals surface area contributed by atoms with E-state index < -0.39 is 23.5 Å². The molecule has 0 saturated carbocycles. The summed E-state index contributed by atoms with van der Waals surface area (Å²) in [5.74, 6) is -6.67. The van der Waals surface area contributed by atoms with Gasteiger partial charge in [0.15, 0.2) is 5.82 Å². The molecule has 27 heavy (non-hydrogen) atoms. The topological polar surface area (TPSA) is 58.4 Å². The number of aromatic nitrogens is 4. The van der Waals surface area contributed by atoms with Crippen molar-refractivity contribution < 1.29 is 26.3 Å². The third kappa shape index (κ3) is 2.74. The molecule has 4 rings (SSSR count). The molecule has 0 aliphatic carbocycles. The Bertz CT molecular complexity index is 1010. The van der Waals surface area contributed by atoms with Gasteiger partial charge in [0.2, 0.25) is 5.65 Å². The molecule has 1 fully saturated rings. The molecule has 3 heterocycles. The van der Waals surface area contributed by atoms with E-state index in [0.717, 1.165) is 0 Å². The van der Waals surface area contributed by atoms with Crippen LogP contribution in [0.4, 0.5) is 32.2 Å². The van der Waals surface area contributed by atoms with E-state index in [-0.39, 0.29) is 16.7 Å². The molecule has 1 aliphatic rings. The van der Waals surface area contributed by atoms with Crippen molar-refractivity contribution in [2.45, 2.75) is 12.1 Å². The molecule has 0 radical (unpaired) electrons. The van der Waals surface area contributed by atoms with E-state index in [0.29, 0.717) is 44.1 Å². The van der Waals surface area contributed by atoms with Crippen LogP contribution in [0, 0.1) is 5.82 Å². The number of hydrogen-bond acceptors (Lipinski definition) is 5. The molecule has 0 amide bonds. The highest BCUT2D eigenvalue weighted by Gasteiger charge is 2.60. The molecule has 1 aromatic carbocycles. The van der Waals surface area contributed by atoms with Gasteiger partial charge in [0, 0.05) is 32.2 Å². The maximum atomic E-state index is 14.2. The van der Waals surface area contributed by atoms with Crippen molar-refractivity contribution in [2.75, 3.05) is 31.1 Å². The second-order valence-corrected chi connectivity index (χ2v) is 6.09. The van der Waals surface area contributed by atoms with E-state index in [1.165, 1.54) is 10.7 Å². The fourth-order valence-electron chi connectivity index (χ4n) is 3.04. The first kappa shape index (κ1) is 17.8. The summed E-state index contributed by atoms with van der Waals surface area (Å²) in [6.07, 6.45) is -4.76. The van der Waals surface area contributed by atoms with Crippen LogP contribution in [0.2, 0.25) is 0 Å². The van der Waals surface area contributed by atoms with Gasteiger partial charge in [-0.2, -0.15) is 22.0 Å². The molecule has 144 valence electrons. The molecule has 0 bridgehead atoms. The maximum absolute atomic E-state index is 14.2. The van der Waals surface area contributed by atoms with E-state index >= 15 is 0 Å². The molecular weight excluding hydrogens is 378 g/mol. The Balaban J connectivity index is 1.95. The number of alkyl halides is 5. The van der Waals surface area contributed by atoms with Crippen LogP contribution >= 0.6 is 0 Å². The number of nitrogens with zero attached hydrogens (tertiary/aromatic N) is 5. The van der Waals surface area contributed by atoms with Crippen LogP contribution in [-0.4, -0.2) is 51.9 Å². The lowest BCUT2D eigenvalue weighted by molar-refractivity contribution is -0.290. The summed E-state index contributed by atoms with van der Waals surface area (Å²) >= 11 is 0. The molecule has 0 unspecified atom stereocenters. The fraction of sp³-hybridized carbons (Fsp3) is 0.400. The zero-order valence-corrected chi connectivity index (χ0v) is 13.6. The molecule has 0 atom stereocenters. The minimum Gasteiger partial charge on any atom is -0.351 e. The molecule has 3 aromatic rings. The van der Waals surface area contributed by atoms with Crippen molar-refractivity contribution in [2.24, 2.45) is 0 Å². The van der Waals surface area contributed by atoms with Gasteiger partial charge in [-0.25, -0.2) is 9.37 Å². The summed E-state index contributed by atoms with van der Waals surface area (Å²) in [7, 11) is 0. The SMILES string of the molecule is Fc1cc2nc(N3CCNCC3)c3nncn3c2cc1C(F)(F)C(F)(F)F. The van der Waals surface area contributed by atoms with Gasteiger partial charge in [-0.05, 0) is 6.07 Å². The largest absolute Gasteiger partial charge is 0.458 e. The quantitative estimate of drug-likeness (QED) is 0.682. The molecule has 12 heteroatoms. The first-order chi connectivity index (χ1) is 12.7. The highest BCUT2D eigenvalue weighted by atomic mass is 19.4. The van der Waals surface area contributed by atoms with Crippen molar-refractivity contribution in [3.8, 4) is 0 Å². The smallest absolute Gasteiger partial charge is 0.351 e. The van der Waals surface area contributed by atoms with Crippen molar-refractivity contribution in [1.29, 1.82) is 0 Å². The summed E-state index contributed by atoms with van der Waals surface area (Å²) in [4.78, 5) is 6.11. The van der Waals surface area contributed by atoms with Gasteiger partial charge >= 0.3 is 12.1 Å². The summed E-state index contributed by atoms with van der Waals surface area (Å²) in [5.41, 5.74) is -1.80. The number of piperazine rings is 1. The summed E-state index contributed by atoms with van der Waals surface area (Å²) < 4.78 is 80.9. The zero-order chi connectivity index (χ0) is 19.4. The Morgan fingerprint density at radius 1 is 1.04 bits per heavy atom. The van der Waals surface area contributed by atoms with Crippen molar-refractivity contribution in [3.63, 3.8) is 0 Å². The van der Waals surface area contributed by atoms with Gasteiger partial charge in [0.25, 0.3) is 0 Å². The average Bonchev–Trinajstić information content (AvgIpc) is 3.10. The molecule has 0 spiro atoms. The standard InChI is InChI=1S/C15H12F6N6/c16-9-6-10-11(5-8(9)14(17,18)15(19,20)21)27-7-23-25-13(27)12(24-10)26-3-1-22-2-4-26/h5-7,22H,1-4H2. The van der Waals surface area contributed by atoms with E-state index in [9.17, 15) is 26.3 Å². The number of fused-ring (bicyclic) bond motifs is 3. The van der Waals surface area contributed by atoms with Gasteiger partial charge in [-0.3, -0.25) is 4.40 Å². The zero-order valence-electron chi connectivity index (χ0n) is 13.6. The van der Waals surface area contributed by atoms with Crippen LogP contribution in [0.5, 0.6) is 0 Å². The second-order valence-electron chi connectivity index (χ2n) is 6.09. The second kappa shape index (κ2) is 5.94. The maximum Gasteiger partial charge on any atom is 0.458 e. The van der Waals surface area contributed by atoms with Crippen LogP contribution < -0.4 is 10.2 Å². The number of nitrogens with one attached hydrogen (secondary N) is 1. The van der Waals surface area contributed by atoms with Crippen molar-refractivity contribution in [1.82, 2.24) is 24.9 Å². The normalized spacial score (nSPS) is 16.4. The first-order valence-electron chi connectivity index (χ1n) is 7.94. The number of halogens is 6. The molecule has 1 N–H and O–H groups in total. The first-order valence-corrected chi connectivity index (χ1v) is 7.94. The van der Waals surface area contributed by atoms with E-state index in [1.54, 1.807) is 0 Å². The highest BCUT2D eigenvalue weighted by molar-refractivity contribution is 5.83. The predicted octanol–water partition coefficient (Wildman–Crippen LogP) is 2.48. The lowest BCUT2D eigenvalue weighted by Crippen LogP contribution is -2.44. The predicted molar refractivity (Wildman–Crippen MR) is 83.3 cm³/mol. The van der Waals surface area contributed by atoms with Crippen molar-refractivity contribution >= 4 is 22.5 Å². The van der Waals surface area contributed by atoms with Gasteiger partial charge in [-0.1, -0.05) is 0 Å². The third-order valence-electron chi connectivity index (χ3n) is 4.41. The fourth-order valence-corrected chi connectivity index (χ4v) is 3.04. The minimum absolute atomic E-state index is 0.0740. The summed E-state index contributed by atoms with van der Waals surface area (Å²) in [5, 5.41) is 10.7. The number of benzene rings is 1. The minimum atomic E-state index is -5.93. The van der Waals surface area contributed by atoms with E-state index in [1.807, 2.05) is 4.90 Å². The van der Waals surface area contributed by atoms with Crippen LogP contribution in [-0.2, 0) is 5.92 Å². The molecular formula is C15H12F6N6. The number of rotatable bonds is 2. The monoisotopic (exact) mass is 390 g/mol. The Labute approximate surface area is 147 Å². The number of hydrogen-bond donors (Lipinski definition) is 1. The Kier molecular flexibility index (Phi) is 3.91. The number of anilines is 1. The summed E-state index contributed by atoms with van der Waals surface area (Å²) in [6.45, 7) is 2.50.